The van der Waals surface area contributed by atoms with Gasteiger partial charge < -0.3 is 5.73 Å². The van der Waals surface area contributed by atoms with Gasteiger partial charge in [0.15, 0.2) is 0 Å². The fourth-order valence-corrected chi connectivity index (χ4v) is 1.76. The molecule has 0 aromatic heterocycles. The van der Waals surface area contributed by atoms with Gasteiger partial charge >= 0.3 is 0 Å². The van der Waals surface area contributed by atoms with Crippen molar-refractivity contribution in [1.82, 2.24) is 0 Å². The van der Waals surface area contributed by atoms with Crippen molar-refractivity contribution >= 4 is 0 Å². The molecule has 0 radical (unpaired) electrons. The summed E-state index contributed by atoms with van der Waals surface area (Å²) in [4.78, 5) is 0. The second kappa shape index (κ2) is 8.54. The molecule has 3 aliphatic rings. The van der Waals surface area contributed by atoms with Gasteiger partial charge in [0.25, 0.3) is 0 Å². The summed E-state index contributed by atoms with van der Waals surface area (Å²) in [5.74, 6) is 0. The molecule has 0 unspecified atom stereocenters. The minimum absolute atomic E-state index is 1.13. The quantitative estimate of drug-likeness (QED) is 0.723. The van der Waals surface area contributed by atoms with Crippen LogP contribution in [0.2, 0.25) is 0 Å². The van der Waals surface area contributed by atoms with Crippen LogP contribution in [0.3, 0.4) is 0 Å². The van der Waals surface area contributed by atoms with E-state index < -0.39 is 0 Å². The van der Waals surface area contributed by atoms with Crippen LogP contribution in [0.5, 0.6) is 0 Å². The molecular weight excluding hydrogens is 206 g/mol. The summed E-state index contributed by atoms with van der Waals surface area (Å²) in [6, 6.07) is 0. The maximum atomic E-state index is 4.50. The Kier molecular flexibility index (Phi) is 6.76. The second-order valence-electron chi connectivity index (χ2n) is 3.74. The van der Waals surface area contributed by atoms with Gasteiger partial charge in [0.05, 0.1) is 0 Å². The first-order chi connectivity index (χ1) is 8.47. The van der Waals surface area contributed by atoms with Gasteiger partial charge in [0.2, 0.25) is 0 Å². The van der Waals surface area contributed by atoms with Gasteiger partial charge in [-0.15, -0.1) is 0 Å². The Balaban J connectivity index is 0.000000175. The Morgan fingerprint density at radius 3 is 1.41 bits per heavy atom. The van der Waals surface area contributed by atoms with E-state index in [1.165, 1.54) is 18.2 Å². The van der Waals surface area contributed by atoms with E-state index in [2.05, 4.69) is 66.5 Å². The molecule has 0 atom stereocenters. The first-order valence-electron chi connectivity index (χ1n) is 6.08. The first kappa shape index (κ1) is 13.5. The highest BCUT2D eigenvalue weighted by atomic mass is 14.4. The molecule has 0 saturated heterocycles. The van der Waals surface area contributed by atoms with E-state index >= 15 is 0 Å². The molecule has 2 N–H and O–H groups in total. The third-order valence-corrected chi connectivity index (χ3v) is 2.61. The van der Waals surface area contributed by atoms with E-state index in [9.17, 15) is 0 Å². The van der Waals surface area contributed by atoms with Crippen molar-refractivity contribution in [2.45, 2.75) is 19.3 Å². The Morgan fingerprint density at radius 1 is 0.706 bits per heavy atom. The lowest BCUT2D eigenvalue weighted by molar-refractivity contribution is 1.18. The molecule has 3 aliphatic carbocycles. The molecule has 90 valence electrons. The molecular formula is C16H21N. The summed E-state index contributed by atoms with van der Waals surface area (Å²) in [7, 11) is 1.50. The number of hydrogen-bond donors (Lipinski definition) is 1. The number of nitrogens with two attached hydrogens (primary N) is 1. The van der Waals surface area contributed by atoms with Crippen LogP contribution >= 0.6 is 0 Å². The molecule has 0 aliphatic heterocycles. The van der Waals surface area contributed by atoms with E-state index in [-0.39, 0.29) is 0 Å². The number of rotatable bonds is 1. The molecule has 3 rings (SSSR count). The van der Waals surface area contributed by atoms with Crippen LogP contribution in [0.25, 0.3) is 0 Å². The summed E-state index contributed by atoms with van der Waals surface area (Å²) in [5.41, 5.74) is 7.48. The van der Waals surface area contributed by atoms with Crippen molar-refractivity contribution in [2.75, 3.05) is 7.05 Å². The molecule has 0 aromatic rings. The van der Waals surface area contributed by atoms with Crippen molar-refractivity contribution < 1.29 is 0 Å². The Morgan fingerprint density at radius 2 is 1.18 bits per heavy atom. The predicted octanol–water partition coefficient (Wildman–Crippen LogP) is 3.84. The Labute approximate surface area is 104 Å². The fraction of sp³-hybridized carbons (Fsp3) is 0.250. The van der Waals surface area contributed by atoms with Crippen molar-refractivity contribution in [3.05, 3.63) is 71.9 Å². The average molecular weight is 227 g/mol. The largest absolute Gasteiger partial charge is 0.333 e. The van der Waals surface area contributed by atoms with Crippen LogP contribution in [0.4, 0.5) is 0 Å². The lowest BCUT2D eigenvalue weighted by atomic mass is 10.1. The maximum Gasteiger partial charge on any atom is -0.00915 e. The van der Waals surface area contributed by atoms with Gasteiger partial charge in [-0.25, -0.2) is 0 Å². The van der Waals surface area contributed by atoms with Crippen molar-refractivity contribution in [3.8, 4) is 0 Å². The lowest BCUT2D eigenvalue weighted by Gasteiger charge is -1.99. The molecule has 0 aromatic carbocycles. The highest BCUT2D eigenvalue weighted by Crippen LogP contribution is 2.25. The van der Waals surface area contributed by atoms with Crippen LogP contribution in [0.1, 0.15) is 19.3 Å². The highest BCUT2D eigenvalue weighted by molar-refractivity contribution is 5.44. The average Bonchev–Trinajstić information content (AvgIpc) is 3.15. The Bertz CT molecular complexity index is 352. The molecule has 0 amide bonds. The smallest absolute Gasteiger partial charge is 0.00915 e. The molecule has 1 nitrogen and oxygen atoms in total. The SMILES string of the molecule is C1=CCC(C2=CC=CC2)=C1.C1=CCC=C1.CN. The lowest BCUT2D eigenvalue weighted by Crippen LogP contribution is -1.80. The standard InChI is InChI=1S/C10H10.C5H6.CH5N/c1-2-6-9(5-1)10-7-3-4-8-10;1-2-4-5-3-1;1-2/h1-5,7H,6,8H2;1-4H,5H2;2H2,1H3. The van der Waals surface area contributed by atoms with E-state index in [0.29, 0.717) is 0 Å². The monoisotopic (exact) mass is 227 g/mol. The molecule has 0 spiro atoms. The van der Waals surface area contributed by atoms with Crippen LogP contribution in [0, 0.1) is 0 Å². The van der Waals surface area contributed by atoms with Gasteiger partial charge in [-0.2, -0.15) is 0 Å². The minimum Gasteiger partial charge on any atom is -0.333 e. The molecule has 0 heterocycles. The molecule has 0 fully saturated rings. The van der Waals surface area contributed by atoms with Gasteiger partial charge in [0.1, 0.15) is 0 Å². The highest BCUT2D eigenvalue weighted by Gasteiger charge is 2.05. The van der Waals surface area contributed by atoms with E-state index in [1.54, 1.807) is 0 Å². The predicted molar refractivity (Wildman–Crippen MR) is 76.7 cm³/mol. The maximum absolute atomic E-state index is 4.50. The van der Waals surface area contributed by atoms with Crippen LogP contribution in [-0.4, -0.2) is 7.05 Å². The third-order valence-electron chi connectivity index (χ3n) is 2.61. The second-order valence-corrected chi connectivity index (χ2v) is 3.74. The zero-order chi connectivity index (χ0) is 12.3. The van der Waals surface area contributed by atoms with Gasteiger partial charge in [-0.05, 0) is 37.5 Å². The summed E-state index contributed by atoms with van der Waals surface area (Å²) in [6.45, 7) is 0. The summed E-state index contributed by atoms with van der Waals surface area (Å²) < 4.78 is 0. The van der Waals surface area contributed by atoms with E-state index in [4.69, 9.17) is 0 Å². The third kappa shape index (κ3) is 4.83. The first-order valence-corrected chi connectivity index (χ1v) is 6.08. The van der Waals surface area contributed by atoms with E-state index in [1.807, 2.05) is 0 Å². The normalized spacial score (nSPS) is 18.2. The van der Waals surface area contributed by atoms with Gasteiger partial charge in [-0.3, -0.25) is 0 Å². The van der Waals surface area contributed by atoms with Gasteiger partial charge in [-0.1, -0.05) is 60.8 Å². The molecule has 1 heteroatoms. The molecule has 0 saturated carbocycles. The van der Waals surface area contributed by atoms with Crippen molar-refractivity contribution in [1.29, 1.82) is 0 Å². The fourth-order valence-electron chi connectivity index (χ4n) is 1.76. The zero-order valence-electron chi connectivity index (χ0n) is 10.5. The zero-order valence-corrected chi connectivity index (χ0v) is 10.5. The van der Waals surface area contributed by atoms with Crippen LogP contribution in [-0.2, 0) is 0 Å². The van der Waals surface area contributed by atoms with Crippen molar-refractivity contribution in [2.24, 2.45) is 5.73 Å². The number of allylic oxidation sites excluding steroid dienone is 12. The summed E-state index contributed by atoms with van der Waals surface area (Å²) in [5, 5.41) is 0. The Hall–Kier alpha value is -1.60. The number of hydrogen-bond acceptors (Lipinski definition) is 1. The summed E-state index contributed by atoms with van der Waals surface area (Å²) in [6.07, 6.45) is 24.9. The van der Waals surface area contributed by atoms with Gasteiger partial charge in [0, 0.05) is 0 Å². The van der Waals surface area contributed by atoms with Crippen LogP contribution < -0.4 is 5.73 Å². The topological polar surface area (TPSA) is 26.0 Å². The van der Waals surface area contributed by atoms with Crippen LogP contribution in [0.15, 0.2) is 71.9 Å². The summed E-state index contributed by atoms with van der Waals surface area (Å²) >= 11 is 0. The molecule has 0 bridgehead atoms. The molecule has 17 heavy (non-hydrogen) atoms. The van der Waals surface area contributed by atoms with Crippen molar-refractivity contribution in [3.63, 3.8) is 0 Å². The minimum atomic E-state index is 1.13. The van der Waals surface area contributed by atoms with E-state index in [0.717, 1.165) is 19.3 Å².